The minimum absolute atomic E-state index is 0.135. The molecule has 0 aliphatic rings. The molecule has 19 heavy (non-hydrogen) atoms. The number of benzene rings is 1. The molecule has 1 rings (SSSR count). The summed E-state index contributed by atoms with van der Waals surface area (Å²) in [4.78, 5) is 2.33. The summed E-state index contributed by atoms with van der Waals surface area (Å²) in [5, 5.41) is 0. The minimum atomic E-state index is -0.135. The normalized spacial score (nSPS) is 11.5. The van der Waals surface area contributed by atoms with Crippen LogP contribution in [0.25, 0.3) is 0 Å². The van der Waals surface area contributed by atoms with Crippen molar-refractivity contribution < 1.29 is 4.39 Å². The maximum atomic E-state index is 14.0. The fourth-order valence-corrected chi connectivity index (χ4v) is 2.15. The predicted molar refractivity (Wildman–Crippen MR) is 79.4 cm³/mol. The molecule has 0 fully saturated rings. The van der Waals surface area contributed by atoms with Gasteiger partial charge in [-0.25, -0.2) is 4.39 Å². The van der Waals surface area contributed by atoms with Gasteiger partial charge in [-0.3, -0.25) is 4.90 Å². The Labute approximate surface area is 116 Å². The summed E-state index contributed by atoms with van der Waals surface area (Å²) in [5.41, 5.74) is 7.14. The number of unbranched alkanes of at least 4 members (excludes halogenated alkanes) is 2. The maximum absolute atomic E-state index is 14.0. The van der Waals surface area contributed by atoms with Crippen LogP contribution in [0.5, 0.6) is 0 Å². The van der Waals surface area contributed by atoms with Crippen LogP contribution in [-0.2, 0) is 13.1 Å². The van der Waals surface area contributed by atoms with Gasteiger partial charge in [0.15, 0.2) is 0 Å². The molecule has 3 heteroatoms. The number of nitrogens with zero attached hydrogens (tertiary/aromatic N) is 1. The Bertz CT molecular complexity index is 377. The molecule has 1 aromatic rings. The third-order valence-corrected chi connectivity index (χ3v) is 3.51. The molecule has 0 saturated heterocycles. The summed E-state index contributed by atoms with van der Waals surface area (Å²) in [5.74, 6) is -0.135. The predicted octanol–water partition coefficient (Wildman–Crippen LogP) is 3.69. The molecule has 0 aliphatic carbocycles. The van der Waals surface area contributed by atoms with Crippen molar-refractivity contribution in [3.63, 3.8) is 0 Å². The van der Waals surface area contributed by atoms with Gasteiger partial charge in [-0.05, 0) is 38.4 Å². The van der Waals surface area contributed by atoms with E-state index in [1.165, 1.54) is 19.3 Å². The molecule has 0 amide bonds. The highest BCUT2D eigenvalue weighted by molar-refractivity contribution is 5.24. The molecule has 1 aromatic carbocycles. The molecule has 0 saturated carbocycles. The van der Waals surface area contributed by atoms with Crippen LogP contribution in [0.1, 0.15) is 51.2 Å². The molecule has 0 atom stereocenters. The number of nitrogens with two attached hydrogens (primary N) is 1. The average molecular weight is 266 g/mol. The molecule has 0 aromatic heterocycles. The highest BCUT2D eigenvalue weighted by Gasteiger charge is 2.12. The van der Waals surface area contributed by atoms with Gasteiger partial charge >= 0.3 is 0 Å². The van der Waals surface area contributed by atoms with E-state index in [4.69, 9.17) is 5.73 Å². The fraction of sp³-hybridized carbons (Fsp3) is 0.625. The first kappa shape index (κ1) is 16.1. The lowest BCUT2D eigenvalue weighted by atomic mass is 10.1. The van der Waals surface area contributed by atoms with E-state index in [0.29, 0.717) is 19.1 Å². The SMILES string of the molecule is CCCCCN(Cc1ccc(CN)cc1F)C(C)C. The standard InChI is InChI=1S/C16H27FN2/c1-4-5-6-9-19(13(2)3)12-15-8-7-14(11-18)10-16(15)17/h7-8,10,13H,4-6,9,11-12,18H2,1-3H3. The van der Waals surface area contributed by atoms with Gasteiger partial charge in [0, 0.05) is 24.7 Å². The van der Waals surface area contributed by atoms with E-state index >= 15 is 0 Å². The molecular weight excluding hydrogens is 239 g/mol. The summed E-state index contributed by atoms with van der Waals surface area (Å²) in [6.07, 6.45) is 3.63. The molecule has 0 bridgehead atoms. The Morgan fingerprint density at radius 3 is 2.53 bits per heavy atom. The van der Waals surface area contributed by atoms with Crippen LogP contribution in [0, 0.1) is 5.82 Å². The molecule has 2 N–H and O–H groups in total. The van der Waals surface area contributed by atoms with E-state index in [9.17, 15) is 4.39 Å². The van der Waals surface area contributed by atoms with Crippen molar-refractivity contribution in [3.8, 4) is 0 Å². The van der Waals surface area contributed by atoms with Gasteiger partial charge in [0.2, 0.25) is 0 Å². The summed E-state index contributed by atoms with van der Waals surface area (Å²) < 4.78 is 14.0. The zero-order valence-electron chi connectivity index (χ0n) is 12.5. The summed E-state index contributed by atoms with van der Waals surface area (Å²) in [6.45, 7) is 8.63. The average Bonchev–Trinajstić information content (AvgIpc) is 2.39. The first-order valence-corrected chi connectivity index (χ1v) is 7.29. The van der Waals surface area contributed by atoms with Crippen molar-refractivity contribution in [2.45, 2.75) is 59.2 Å². The Morgan fingerprint density at radius 2 is 2.00 bits per heavy atom. The zero-order valence-corrected chi connectivity index (χ0v) is 12.5. The van der Waals surface area contributed by atoms with Gasteiger partial charge < -0.3 is 5.73 Å². The Balaban J connectivity index is 2.67. The number of rotatable bonds is 8. The van der Waals surface area contributed by atoms with E-state index in [0.717, 1.165) is 17.7 Å². The van der Waals surface area contributed by atoms with Crippen LogP contribution in [0.4, 0.5) is 4.39 Å². The van der Waals surface area contributed by atoms with Gasteiger partial charge in [0.05, 0.1) is 0 Å². The molecule has 0 spiro atoms. The Kier molecular flexibility index (Phi) is 7.03. The first-order chi connectivity index (χ1) is 9.08. The van der Waals surface area contributed by atoms with Crippen molar-refractivity contribution in [3.05, 3.63) is 35.1 Å². The smallest absolute Gasteiger partial charge is 0.128 e. The van der Waals surface area contributed by atoms with Crippen molar-refractivity contribution >= 4 is 0 Å². The molecule has 0 radical (unpaired) electrons. The molecule has 0 heterocycles. The molecule has 2 nitrogen and oxygen atoms in total. The number of halogens is 1. The first-order valence-electron chi connectivity index (χ1n) is 7.29. The highest BCUT2D eigenvalue weighted by Crippen LogP contribution is 2.15. The van der Waals surface area contributed by atoms with Gasteiger partial charge in [-0.2, -0.15) is 0 Å². The van der Waals surface area contributed by atoms with E-state index in [-0.39, 0.29) is 5.82 Å². The summed E-state index contributed by atoms with van der Waals surface area (Å²) in [6, 6.07) is 5.78. The topological polar surface area (TPSA) is 29.3 Å². The quantitative estimate of drug-likeness (QED) is 0.727. The molecule has 108 valence electrons. The second-order valence-electron chi connectivity index (χ2n) is 5.40. The third kappa shape index (κ3) is 5.29. The highest BCUT2D eigenvalue weighted by atomic mass is 19.1. The van der Waals surface area contributed by atoms with Gasteiger partial charge in [-0.1, -0.05) is 31.9 Å². The van der Waals surface area contributed by atoms with Gasteiger partial charge in [0.1, 0.15) is 5.82 Å². The van der Waals surface area contributed by atoms with Crippen molar-refractivity contribution in [1.82, 2.24) is 4.90 Å². The largest absolute Gasteiger partial charge is 0.326 e. The van der Waals surface area contributed by atoms with Crippen molar-refractivity contribution in [2.24, 2.45) is 5.73 Å². The minimum Gasteiger partial charge on any atom is -0.326 e. The monoisotopic (exact) mass is 266 g/mol. The lowest BCUT2D eigenvalue weighted by Crippen LogP contribution is -2.31. The number of hydrogen-bond donors (Lipinski definition) is 1. The third-order valence-electron chi connectivity index (χ3n) is 3.51. The Morgan fingerprint density at radius 1 is 1.26 bits per heavy atom. The van der Waals surface area contributed by atoms with Gasteiger partial charge in [-0.15, -0.1) is 0 Å². The fourth-order valence-electron chi connectivity index (χ4n) is 2.15. The van der Waals surface area contributed by atoms with E-state index < -0.39 is 0 Å². The summed E-state index contributed by atoms with van der Waals surface area (Å²) >= 11 is 0. The van der Waals surface area contributed by atoms with Crippen molar-refractivity contribution in [1.29, 1.82) is 0 Å². The van der Waals surface area contributed by atoms with Crippen molar-refractivity contribution in [2.75, 3.05) is 6.54 Å². The van der Waals surface area contributed by atoms with Crippen LogP contribution in [-0.4, -0.2) is 17.5 Å². The summed E-state index contributed by atoms with van der Waals surface area (Å²) in [7, 11) is 0. The van der Waals surface area contributed by atoms with Crippen LogP contribution >= 0.6 is 0 Å². The second kappa shape index (κ2) is 8.28. The number of hydrogen-bond acceptors (Lipinski definition) is 2. The maximum Gasteiger partial charge on any atom is 0.128 e. The molecule has 0 aliphatic heterocycles. The van der Waals surface area contributed by atoms with Crippen LogP contribution in [0.3, 0.4) is 0 Å². The lowest BCUT2D eigenvalue weighted by molar-refractivity contribution is 0.206. The lowest BCUT2D eigenvalue weighted by Gasteiger charge is -2.26. The molecule has 0 unspecified atom stereocenters. The van der Waals surface area contributed by atoms with E-state index in [1.54, 1.807) is 6.07 Å². The van der Waals surface area contributed by atoms with Crippen LogP contribution < -0.4 is 5.73 Å². The zero-order chi connectivity index (χ0) is 14.3. The second-order valence-corrected chi connectivity index (χ2v) is 5.40. The molecular formula is C16H27FN2. The van der Waals surface area contributed by atoms with Crippen LogP contribution in [0.2, 0.25) is 0 Å². The van der Waals surface area contributed by atoms with Gasteiger partial charge in [0.25, 0.3) is 0 Å². The van der Waals surface area contributed by atoms with Crippen LogP contribution in [0.15, 0.2) is 18.2 Å². The van der Waals surface area contributed by atoms with E-state index in [1.807, 2.05) is 12.1 Å². The Hall–Kier alpha value is -0.930. The van der Waals surface area contributed by atoms with E-state index in [2.05, 4.69) is 25.7 Å².